The van der Waals surface area contributed by atoms with E-state index in [0.29, 0.717) is 0 Å². The molecule has 3 aromatic rings. The molecule has 3 atom stereocenters. The van der Waals surface area contributed by atoms with Gasteiger partial charge in [0, 0.05) is 0 Å². The van der Waals surface area contributed by atoms with Crippen LogP contribution in [0.5, 0.6) is 0 Å². The molecule has 5 nitrogen and oxygen atoms in total. The van der Waals surface area contributed by atoms with E-state index in [1.165, 1.54) is 0 Å². The number of cyclic esters (lactones) is 1. The first kappa shape index (κ1) is 33.3. The fourth-order valence-corrected chi connectivity index (χ4v) is 7.51. The van der Waals surface area contributed by atoms with E-state index in [2.05, 4.69) is 104 Å². The molecule has 1 fully saturated rings. The summed E-state index contributed by atoms with van der Waals surface area (Å²) in [7, 11) is -4.65. The van der Waals surface area contributed by atoms with Crippen molar-refractivity contribution in [2.24, 2.45) is 0 Å². The fourth-order valence-electron chi connectivity index (χ4n) is 4.98. The number of ether oxygens (including phenoxy) is 2. The molecule has 1 saturated heterocycles. The number of esters is 1. The molecule has 4 rings (SSSR count). The van der Waals surface area contributed by atoms with E-state index in [1.807, 2.05) is 54.6 Å². The average molecular weight is 619 g/mol. The van der Waals surface area contributed by atoms with Crippen molar-refractivity contribution in [2.45, 2.75) is 102 Å². The molecule has 43 heavy (non-hydrogen) atoms. The number of rotatable bonds is 10. The first-order valence-corrected chi connectivity index (χ1v) is 21.2. The fraction of sp³-hybridized carbons (Fsp3) is 0.472. The Hall–Kier alpha value is -2.56. The van der Waals surface area contributed by atoms with Gasteiger partial charge in [-0.05, 0) is 53.0 Å². The Labute approximate surface area is 261 Å². The third-order valence-electron chi connectivity index (χ3n) is 9.63. The minimum absolute atomic E-state index is 0.0621. The van der Waals surface area contributed by atoms with Gasteiger partial charge in [0.05, 0.1) is 6.61 Å². The Morgan fingerprint density at radius 2 is 1.00 bits per heavy atom. The Balaban J connectivity index is 1.79. The second kappa shape index (κ2) is 12.4. The Kier molecular flexibility index (Phi) is 9.65. The van der Waals surface area contributed by atoms with Crippen molar-refractivity contribution >= 4 is 22.6 Å². The lowest BCUT2D eigenvalue weighted by molar-refractivity contribution is -0.149. The number of hydrogen-bond donors (Lipinski definition) is 0. The number of carbonyl (C=O) groups is 1. The molecular weight excluding hydrogens is 569 g/mol. The van der Waals surface area contributed by atoms with Gasteiger partial charge in [0.2, 0.25) is 0 Å². The van der Waals surface area contributed by atoms with Gasteiger partial charge in [-0.1, -0.05) is 133 Å². The third kappa shape index (κ3) is 6.91. The number of carbonyl (C=O) groups excluding carboxylic acids is 1. The van der Waals surface area contributed by atoms with Crippen LogP contribution in [-0.4, -0.2) is 47.5 Å². The van der Waals surface area contributed by atoms with Crippen LogP contribution in [0, 0.1) is 0 Å². The van der Waals surface area contributed by atoms with Crippen LogP contribution in [0.15, 0.2) is 91.0 Å². The van der Waals surface area contributed by atoms with E-state index in [9.17, 15) is 4.79 Å². The minimum atomic E-state index is -2.33. The van der Waals surface area contributed by atoms with Gasteiger partial charge in [-0.2, -0.15) is 0 Å². The van der Waals surface area contributed by atoms with E-state index in [-0.39, 0.29) is 22.7 Å². The maximum absolute atomic E-state index is 13.6. The molecular formula is C36H50O5Si2. The highest BCUT2D eigenvalue weighted by Gasteiger charge is 2.55. The van der Waals surface area contributed by atoms with Gasteiger partial charge in [-0.3, -0.25) is 0 Å². The van der Waals surface area contributed by atoms with Crippen molar-refractivity contribution in [2.75, 3.05) is 6.61 Å². The lowest BCUT2D eigenvalue weighted by atomic mass is 9.80. The van der Waals surface area contributed by atoms with Gasteiger partial charge < -0.3 is 18.3 Å². The van der Waals surface area contributed by atoms with E-state index in [0.717, 1.165) is 16.7 Å². The van der Waals surface area contributed by atoms with Gasteiger partial charge >= 0.3 is 5.97 Å². The predicted molar refractivity (Wildman–Crippen MR) is 179 cm³/mol. The largest absolute Gasteiger partial charge is 0.455 e. The Morgan fingerprint density at radius 1 is 0.628 bits per heavy atom. The molecule has 0 spiro atoms. The van der Waals surface area contributed by atoms with Gasteiger partial charge in [-0.15, -0.1) is 0 Å². The second-order valence-corrected chi connectivity index (χ2v) is 24.2. The maximum Gasteiger partial charge on any atom is 0.337 e. The summed E-state index contributed by atoms with van der Waals surface area (Å²) in [5, 5.41) is -0.139. The van der Waals surface area contributed by atoms with Crippen molar-refractivity contribution < 1.29 is 23.1 Å². The highest BCUT2D eigenvalue weighted by Crippen LogP contribution is 2.44. The monoisotopic (exact) mass is 618 g/mol. The van der Waals surface area contributed by atoms with Crippen LogP contribution in [0.25, 0.3) is 0 Å². The van der Waals surface area contributed by atoms with Crippen LogP contribution in [-0.2, 0) is 28.7 Å². The summed E-state index contributed by atoms with van der Waals surface area (Å²) in [6, 6.07) is 30.7. The van der Waals surface area contributed by atoms with Gasteiger partial charge in [-0.25, -0.2) is 4.79 Å². The van der Waals surface area contributed by atoms with Crippen LogP contribution in [0.3, 0.4) is 0 Å². The number of hydrogen-bond acceptors (Lipinski definition) is 5. The summed E-state index contributed by atoms with van der Waals surface area (Å²) in [6.07, 6.45) is -2.02. The zero-order chi connectivity index (χ0) is 31.7. The predicted octanol–water partition coefficient (Wildman–Crippen LogP) is 8.70. The molecule has 0 aromatic heterocycles. The summed E-state index contributed by atoms with van der Waals surface area (Å²) < 4.78 is 27.0. The summed E-state index contributed by atoms with van der Waals surface area (Å²) >= 11 is 0. The third-order valence-corrected chi connectivity index (χ3v) is 18.6. The molecule has 1 aliphatic heterocycles. The Bertz CT molecular complexity index is 1250. The normalized spacial score (nSPS) is 20.2. The summed E-state index contributed by atoms with van der Waals surface area (Å²) in [4.78, 5) is 13.6. The van der Waals surface area contributed by atoms with Gasteiger partial charge in [0.25, 0.3) is 0 Å². The van der Waals surface area contributed by atoms with E-state index < -0.39 is 40.5 Å². The molecule has 0 amide bonds. The molecule has 0 aliphatic carbocycles. The molecule has 1 aliphatic rings. The lowest BCUT2D eigenvalue weighted by Crippen LogP contribution is -2.54. The van der Waals surface area contributed by atoms with E-state index in [4.69, 9.17) is 18.3 Å². The Morgan fingerprint density at radius 3 is 1.37 bits per heavy atom. The van der Waals surface area contributed by atoms with Crippen LogP contribution >= 0.6 is 0 Å². The number of benzene rings is 3. The molecule has 232 valence electrons. The molecule has 0 bridgehead atoms. The average Bonchev–Trinajstić information content (AvgIpc) is 3.22. The van der Waals surface area contributed by atoms with Crippen LogP contribution in [0.4, 0.5) is 0 Å². The van der Waals surface area contributed by atoms with Crippen molar-refractivity contribution in [3.63, 3.8) is 0 Å². The van der Waals surface area contributed by atoms with E-state index >= 15 is 0 Å². The molecule has 0 saturated carbocycles. The molecule has 1 heterocycles. The molecule has 3 aromatic carbocycles. The summed E-state index contributed by atoms with van der Waals surface area (Å²) in [5.41, 5.74) is 2.05. The van der Waals surface area contributed by atoms with Gasteiger partial charge in [0.1, 0.15) is 11.7 Å². The maximum atomic E-state index is 13.6. The molecule has 0 unspecified atom stereocenters. The smallest absolute Gasteiger partial charge is 0.337 e. The van der Waals surface area contributed by atoms with Crippen molar-refractivity contribution in [3.05, 3.63) is 108 Å². The summed E-state index contributed by atoms with van der Waals surface area (Å²) in [5.74, 6) is -0.369. The zero-order valence-electron chi connectivity index (χ0n) is 27.6. The SMILES string of the molecule is CC(C)(C)[Si](C)(C)O[C@@H]1[C@@H](COC(c2ccccc2)(c2ccccc2)c2ccccc2)OC(=O)[C@@H]1O[Si](C)(C)C(C)(C)C. The van der Waals surface area contributed by atoms with Crippen LogP contribution in [0.2, 0.25) is 36.3 Å². The lowest BCUT2D eigenvalue weighted by Gasteiger charge is -2.43. The van der Waals surface area contributed by atoms with Crippen molar-refractivity contribution in [1.82, 2.24) is 0 Å². The van der Waals surface area contributed by atoms with Crippen molar-refractivity contribution in [1.29, 1.82) is 0 Å². The molecule has 0 N–H and O–H groups in total. The highest BCUT2D eigenvalue weighted by molar-refractivity contribution is 6.74. The second-order valence-electron chi connectivity index (χ2n) is 14.7. The highest BCUT2D eigenvalue weighted by atomic mass is 28.4. The van der Waals surface area contributed by atoms with Crippen LogP contribution in [0.1, 0.15) is 58.2 Å². The minimum Gasteiger partial charge on any atom is -0.455 e. The first-order chi connectivity index (χ1) is 20.0. The topological polar surface area (TPSA) is 54.0 Å². The quantitative estimate of drug-likeness (QED) is 0.129. The van der Waals surface area contributed by atoms with Crippen LogP contribution < -0.4 is 0 Å². The standard InChI is InChI=1S/C36H50O5Si2/c1-34(2,3)42(7,8)40-31-30(39-33(37)32(31)41-43(9,10)35(4,5)6)26-38-36(27-20-14-11-15-21-27,28-22-16-12-17-23-28)29-24-18-13-19-25-29/h11-25,30-32H,26H2,1-10H3/t30-,31-,32-/m1/s1. The first-order valence-electron chi connectivity index (χ1n) is 15.4. The van der Waals surface area contributed by atoms with Crippen molar-refractivity contribution in [3.8, 4) is 0 Å². The van der Waals surface area contributed by atoms with E-state index in [1.54, 1.807) is 0 Å². The molecule has 7 heteroatoms. The molecule has 0 radical (unpaired) electrons. The van der Waals surface area contributed by atoms with Gasteiger partial charge in [0.15, 0.2) is 28.8 Å². The zero-order valence-corrected chi connectivity index (χ0v) is 29.6. The summed E-state index contributed by atoms with van der Waals surface area (Å²) in [6.45, 7) is 22.0.